The van der Waals surface area contributed by atoms with Gasteiger partial charge in [-0.15, -0.1) is 0 Å². The van der Waals surface area contributed by atoms with Gasteiger partial charge in [-0.1, -0.05) is 30.3 Å². The summed E-state index contributed by atoms with van der Waals surface area (Å²) >= 11 is 0. The molecule has 0 aliphatic carbocycles. The maximum Gasteiger partial charge on any atom is 0.492 e. The molecule has 0 saturated heterocycles. The van der Waals surface area contributed by atoms with Crippen molar-refractivity contribution in [2.24, 2.45) is 0 Å². The van der Waals surface area contributed by atoms with E-state index < -0.39 is 32.9 Å². The minimum absolute atomic E-state index is 0.000237. The number of sulfonamides is 1. The second-order valence-corrected chi connectivity index (χ2v) is 8.22. The molecule has 0 bridgehead atoms. The van der Waals surface area contributed by atoms with Crippen LogP contribution in [0.15, 0.2) is 59.8 Å². The van der Waals surface area contributed by atoms with E-state index in [1.54, 1.807) is 0 Å². The number of nitrogen functional groups attached to an aromatic ring is 1. The molecule has 0 atom stereocenters. The Morgan fingerprint density at radius 2 is 1.66 bits per heavy atom. The summed E-state index contributed by atoms with van der Waals surface area (Å²) < 4.78 is 77.4. The summed E-state index contributed by atoms with van der Waals surface area (Å²) in [5.74, 6) is -3.44. The fourth-order valence-electron chi connectivity index (χ4n) is 2.68. The quantitative estimate of drug-likeness (QED) is 0.450. The van der Waals surface area contributed by atoms with Crippen molar-refractivity contribution < 1.29 is 35.6 Å². The molecule has 3 rings (SSSR count). The molecule has 1 aromatic heterocycles. The van der Waals surface area contributed by atoms with Gasteiger partial charge in [0.2, 0.25) is 5.95 Å². The molecule has 0 aliphatic heterocycles. The van der Waals surface area contributed by atoms with E-state index in [0.29, 0.717) is 12.6 Å². The van der Waals surface area contributed by atoms with Crippen LogP contribution in [0.3, 0.4) is 0 Å². The lowest BCUT2D eigenvalue weighted by atomic mass is 10.0. The summed E-state index contributed by atoms with van der Waals surface area (Å²) in [5, 5.41) is 0. The van der Waals surface area contributed by atoms with Crippen molar-refractivity contribution in [3.05, 3.63) is 60.7 Å². The van der Waals surface area contributed by atoms with Crippen LogP contribution in [0, 0.1) is 5.82 Å². The molecule has 1 heterocycles. The number of nitrogens with two attached hydrogens (primary N) is 1. The first-order valence-electron chi connectivity index (χ1n) is 8.66. The highest BCUT2D eigenvalue weighted by Crippen LogP contribution is 2.32. The average molecular weight is 470 g/mol. The van der Waals surface area contributed by atoms with Crippen LogP contribution in [0.25, 0.3) is 22.3 Å². The highest BCUT2D eigenvalue weighted by atomic mass is 32.2. The number of carbonyl (C=O) groups is 1. The van der Waals surface area contributed by atoms with Crippen molar-refractivity contribution in [1.82, 2.24) is 14.4 Å². The smallest absolute Gasteiger partial charge is 0.368 e. The Kier molecular flexibility index (Phi) is 6.14. The number of halogens is 4. The van der Waals surface area contributed by atoms with E-state index in [0.717, 1.165) is 12.1 Å². The zero-order valence-corrected chi connectivity index (χ0v) is 17.0. The molecule has 2 aromatic carbocycles. The number of hydrogen-bond acceptors (Lipinski definition) is 7. The van der Waals surface area contributed by atoms with Gasteiger partial charge in [-0.05, 0) is 22.2 Å². The lowest BCUT2D eigenvalue weighted by Crippen LogP contribution is -2.36. The Bertz CT molecular complexity index is 1270. The largest absolute Gasteiger partial charge is 0.492 e. The number of aromatic nitrogens is 2. The van der Waals surface area contributed by atoms with E-state index in [-0.39, 0.29) is 27.1 Å². The first kappa shape index (κ1) is 23.1. The first-order chi connectivity index (χ1) is 14.9. The number of carbonyl (C=O) groups excluding carboxylic acids is 1. The normalized spacial score (nSPS) is 12.1. The lowest BCUT2D eigenvalue weighted by molar-refractivity contribution is -0.219. The van der Waals surface area contributed by atoms with Crippen molar-refractivity contribution in [2.45, 2.75) is 11.1 Å². The summed E-state index contributed by atoms with van der Waals surface area (Å²) in [6, 6.07) is 8.99. The minimum atomic E-state index is -5.39. The molecule has 3 aromatic rings. The van der Waals surface area contributed by atoms with Crippen LogP contribution >= 0.6 is 0 Å². The monoisotopic (exact) mass is 470 g/mol. The Morgan fingerprint density at radius 3 is 2.25 bits per heavy atom. The summed E-state index contributed by atoms with van der Waals surface area (Å²) in [7, 11) is -4.08. The molecule has 0 spiro atoms. The van der Waals surface area contributed by atoms with E-state index in [9.17, 15) is 30.8 Å². The van der Waals surface area contributed by atoms with Crippen LogP contribution in [0.5, 0.6) is 0 Å². The third-order valence-electron chi connectivity index (χ3n) is 4.21. The number of hydrogen-bond donors (Lipinski definition) is 1. The van der Waals surface area contributed by atoms with Crippen LogP contribution in [0.1, 0.15) is 0 Å². The number of hydroxylamine groups is 1. The molecule has 13 heteroatoms. The summed E-state index contributed by atoms with van der Waals surface area (Å²) in [4.78, 5) is 22.0. The number of alkyl halides is 3. The van der Waals surface area contributed by atoms with Crippen LogP contribution in [0.4, 0.5) is 23.5 Å². The highest BCUT2D eigenvalue weighted by Gasteiger charge is 2.44. The van der Waals surface area contributed by atoms with Gasteiger partial charge < -0.3 is 10.6 Å². The van der Waals surface area contributed by atoms with Gasteiger partial charge in [0.25, 0.3) is 10.0 Å². The van der Waals surface area contributed by atoms with Crippen molar-refractivity contribution in [3.63, 3.8) is 0 Å². The number of benzene rings is 2. The van der Waals surface area contributed by atoms with Gasteiger partial charge in [0.1, 0.15) is 5.82 Å². The maximum absolute atomic E-state index is 14.8. The second kappa shape index (κ2) is 8.51. The fourth-order valence-corrected chi connectivity index (χ4v) is 3.84. The molecule has 0 unspecified atom stereocenters. The molecule has 32 heavy (non-hydrogen) atoms. The van der Waals surface area contributed by atoms with Gasteiger partial charge in [-0.3, -0.25) is 0 Å². The highest BCUT2D eigenvalue weighted by molar-refractivity contribution is 7.89. The molecule has 0 aliphatic rings. The minimum Gasteiger partial charge on any atom is -0.368 e. The fraction of sp³-hybridized carbons (Fsp3) is 0.105. The molecular formula is C19H14F4N4O4S. The molecule has 0 fully saturated rings. The van der Waals surface area contributed by atoms with Crippen molar-refractivity contribution in [1.29, 1.82) is 0 Å². The van der Waals surface area contributed by atoms with Gasteiger partial charge in [0.05, 0.1) is 4.90 Å². The van der Waals surface area contributed by atoms with Crippen molar-refractivity contribution >= 4 is 21.9 Å². The van der Waals surface area contributed by atoms with Gasteiger partial charge >= 0.3 is 12.1 Å². The Labute approximate surface area is 179 Å². The number of nitrogens with zero attached hydrogens (tertiary/aromatic N) is 3. The second-order valence-electron chi connectivity index (χ2n) is 6.31. The van der Waals surface area contributed by atoms with E-state index >= 15 is 0 Å². The standard InChI is InChI=1S/C19H14F4N4O4S/c1-27(31-17(28)19(21,22)23)32(29,30)16-5-3-2-4-14(16)11-6-7-13(15(20)8-11)12-9-25-18(24)26-10-12/h2-10H,1H3,(H2,24,25,26). The molecular weight excluding hydrogens is 456 g/mol. The topological polar surface area (TPSA) is 115 Å². The number of anilines is 1. The third-order valence-corrected chi connectivity index (χ3v) is 5.87. The number of rotatable bonds is 5. The first-order valence-corrected chi connectivity index (χ1v) is 10.1. The Balaban J connectivity index is 2.00. The van der Waals surface area contributed by atoms with E-state index in [1.165, 1.54) is 42.7 Å². The predicted octanol–water partition coefficient (Wildman–Crippen LogP) is 3.17. The third kappa shape index (κ3) is 4.68. The molecule has 2 N–H and O–H groups in total. The van der Waals surface area contributed by atoms with Crippen LogP contribution in [-0.2, 0) is 19.7 Å². The molecule has 8 nitrogen and oxygen atoms in total. The Morgan fingerprint density at radius 1 is 1.03 bits per heavy atom. The van der Waals surface area contributed by atoms with E-state index in [1.807, 2.05) is 0 Å². The average Bonchev–Trinajstić information content (AvgIpc) is 2.73. The molecule has 168 valence electrons. The Hall–Kier alpha value is -3.58. The van der Waals surface area contributed by atoms with Gasteiger partial charge in [0, 0.05) is 36.1 Å². The summed E-state index contributed by atoms with van der Waals surface area (Å²) in [6.07, 6.45) is -2.78. The van der Waals surface area contributed by atoms with E-state index in [2.05, 4.69) is 14.8 Å². The van der Waals surface area contributed by atoms with Crippen LogP contribution in [0.2, 0.25) is 0 Å². The van der Waals surface area contributed by atoms with E-state index in [4.69, 9.17) is 5.73 Å². The summed E-state index contributed by atoms with van der Waals surface area (Å²) in [5.41, 5.74) is 5.93. The van der Waals surface area contributed by atoms with Crippen LogP contribution in [-0.4, -0.2) is 42.0 Å². The zero-order chi connectivity index (χ0) is 23.7. The van der Waals surface area contributed by atoms with Gasteiger partial charge in [-0.2, -0.15) is 13.2 Å². The summed E-state index contributed by atoms with van der Waals surface area (Å²) in [6.45, 7) is 0. The van der Waals surface area contributed by atoms with Gasteiger partial charge in [0.15, 0.2) is 0 Å². The lowest BCUT2D eigenvalue weighted by Gasteiger charge is -2.19. The molecule has 0 amide bonds. The maximum atomic E-state index is 14.8. The SMILES string of the molecule is CN(OC(=O)C(F)(F)F)S(=O)(=O)c1ccccc1-c1ccc(-c2cnc(N)nc2)c(F)c1. The van der Waals surface area contributed by atoms with Crippen molar-refractivity contribution in [3.8, 4) is 22.3 Å². The van der Waals surface area contributed by atoms with Gasteiger partial charge in [-0.25, -0.2) is 27.6 Å². The zero-order valence-electron chi connectivity index (χ0n) is 16.2. The molecule has 0 radical (unpaired) electrons. The molecule has 0 saturated carbocycles. The van der Waals surface area contributed by atoms with Crippen molar-refractivity contribution in [2.75, 3.05) is 12.8 Å². The predicted molar refractivity (Wildman–Crippen MR) is 104 cm³/mol. The van der Waals surface area contributed by atoms with Crippen LogP contribution < -0.4 is 5.73 Å².